The van der Waals surface area contributed by atoms with Crippen molar-refractivity contribution >= 4 is 15.9 Å². The largest absolute Gasteiger partial charge is 0.382 e. The number of benzene rings is 2. The molecule has 2 rings (SSSR count). The molecule has 0 bridgehead atoms. The van der Waals surface area contributed by atoms with Crippen molar-refractivity contribution in [2.75, 3.05) is 6.26 Å². The SMILES string of the molecule is Cc1cccc(OS(C)(=O)=O)c1C(=O)c1ccccc1. The summed E-state index contributed by atoms with van der Waals surface area (Å²) in [4.78, 5) is 12.5. The third kappa shape index (κ3) is 3.24. The second kappa shape index (κ2) is 5.46. The Morgan fingerprint density at radius 3 is 2.25 bits per heavy atom. The van der Waals surface area contributed by atoms with E-state index >= 15 is 0 Å². The van der Waals surface area contributed by atoms with Crippen LogP contribution in [0.3, 0.4) is 0 Å². The van der Waals surface area contributed by atoms with E-state index in [4.69, 9.17) is 4.18 Å². The summed E-state index contributed by atoms with van der Waals surface area (Å²) in [7, 11) is -3.68. The maximum atomic E-state index is 12.5. The average molecular weight is 290 g/mol. The third-order valence-electron chi connectivity index (χ3n) is 2.74. The molecule has 4 nitrogen and oxygen atoms in total. The lowest BCUT2D eigenvalue weighted by molar-refractivity contribution is 0.103. The van der Waals surface area contributed by atoms with Gasteiger partial charge in [0.25, 0.3) is 0 Å². The van der Waals surface area contributed by atoms with Crippen molar-refractivity contribution in [1.29, 1.82) is 0 Å². The van der Waals surface area contributed by atoms with Gasteiger partial charge in [0.2, 0.25) is 0 Å². The van der Waals surface area contributed by atoms with Crippen LogP contribution < -0.4 is 4.18 Å². The normalized spacial score (nSPS) is 11.1. The number of carbonyl (C=O) groups excluding carboxylic acids is 1. The van der Waals surface area contributed by atoms with Gasteiger partial charge in [-0.3, -0.25) is 4.79 Å². The molecule has 0 fully saturated rings. The lowest BCUT2D eigenvalue weighted by Gasteiger charge is -2.11. The van der Waals surface area contributed by atoms with E-state index in [1.165, 1.54) is 6.07 Å². The van der Waals surface area contributed by atoms with E-state index < -0.39 is 10.1 Å². The zero-order valence-corrected chi connectivity index (χ0v) is 12.0. The summed E-state index contributed by atoms with van der Waals surface area (Å²) >= 11 is 0. The first-order valence-electron chi connectivity index (χ1n) is 5.97. The number of hydrogen-bond donors (Lipinski definition) is 0. The van der Waals surface area contributed by atoms with Crippen LogP contribution in [0.1, 0.15) is 21.5 Å². The standard InChI is InChI=1S/C15H14O4S/c1-11-7-6-10-13(19-20(2,17)18)14(11)15(16)12-8-4-3-5-9-12/h3-10H,1-2H3. The molecule has 0 heterocycles. The number of rotatable bonds is 4. The fourth-order valence-electron chi connectivity index (χ4n) is 1.90. The first-order valence-corrected chi connectivity index (χ1v) is 7.79. The summed E-state index contributed by atoms with van der Waals surface area (Å²) in [6.07, 6.45) is 0.951. The Kier molecular flexibility index (Phi) is 3.90. The van der Waals surface area contributed by atoms with Crippen LogP contribution in [0, 0.1) is 6.92 Å². The van der Waals surface area contributed by atoms with Crippen LogP contribution in [0.2, 0.25) is 0 Å². The zero-order valence-electron chi connectivity index (χ0n) is 11.2. The van der Waals surface area contributed by atoms with Crippen LogP contribution in [0.5, 0.6) is 5.75 Å². The van der Waals surface area contributed by atoms with Crippen LogP contribution in [-0.4, -0.2) is 20.5 Å². The summed E-state index contributed by atoms with van der Waals surface area (Å²) in [6.45, 7) is 1.74. The molecule has 0 aromatic heterocycles. The van der Waals surface area contributed by atoms with Gasteiger partial charge in [0.15, 0.2) is 11.5 Å². The molecule has 0 aliphatic carbocycles. The smallest absolute Gasteiger partial charge is 0.306 e. The minimum Gasteiger partial charge on any atom is -0.382 e. The van der Waals surface area contributed by atoms with Crippen molar-refractivity contribution in [3.05, 3.63) is 65.2 Å². The number of aryl methyl sites for hydroxylation is 1. The van der Waals surface area contributed by atoms with Gasteiger partial charge >= 0.3 is 10.1 Å². The fraction of sp³-hybridized carbons (Fsp3) is 0.133. The Bertz CT molecular complexity index is 734. The molecule has 0 unspecified atom stereocenters. The molecule has 0 spiro atoms. The Morgan fingerprint density at radius 2 is 1.65 bits per heavy atom. The molecular weight excluding hydrogens is 276 g/mol. The molecule has 2 aromatic carbocycles. The number of hydrogen-bond acceptors (Lipinski definition) is 4. The lowest BCUT2D eigenvalue weighted by atomic mass is 9.98. The molecule has 0 saturated carbocycles. The van der Waals surface area contributed by atoms with Gasteiger partial charge in [-0.15, -0.1) is 0 Å². The van der Waals surface area contributed by atoms with Crippen molar-refractivity contribution in [2.24, 2.45) is 0 Å². The van der Waals surface area contributed by atoms with E-state index in [1.807, 2.05) is 6.07 Å². The summed E-state index contributed by atoms with van der Waals surface area (Å²) in [5.41, 5.74) is 1.42. The monoisotopic (exact) mass is 290 g/mol. The van der Waals surface area contributed by atoms with Crippen LogP contribution >= 0.6 is 0 Å². The van der Waals surface area contributed by atoms with E-state index in [1.54, 1.807) is 43.3 Å². The van der Waals surface area contributed by atoms with Crippen molar-refractivity contribution in [1.82, 2.24) is 0 Å². The number of ketones is 1. The molecule has 0 N–H and O–H groups in total. The van der Waals surface area contributed by atoms with E-state index in [2.05, 4.69) is 0 Å². The molecular formula is C15H14O4S. The van der Waals surface area contributed by atoms with Crippen molar-refractivity contribution in [3.8, 4) is 5.75 Å². The maximum absolute atomic E-state index is 12.5. The Morgan fingerprint density at radius 1 is 1.00 bits per heavy atom. The van der Waals surface area contributed by atoms with Crippen molar-refractivity contribution in [3.63, 3.8) is 0 Å². The molecule has 104 valence electrons. The van der Waals surface area contributed by atoms with Gasteiger partial charge in [-0.2, -0.15) is 8.42 Å². The highest BCUT2D eigenvalue weighted by Crippen LogP contribution is 2.26. The molecule has 0 atom stereocenters. The average Bonchev–Trinajstić information content (AvgIpc) is 2.37. The third-order valence-corrected chi connectivity index (χ3v) is 3.22. The molecule has 20 heavy (non-hydrogen) atoms. The van der Waals surface area contributed by atoms with Crippen LogP contribution in [0.15, 0.2) is 48.5 Å². The highest BCUT2D eigenvalue weighted by Gasteiger charge is 2.19. The summed E-state index contributed by atoms with van der Waals surface area (Å²) in [5.74, 6) is -0.205. The van der Waals surface area contributed by atoms with Gasteiger partial charge in [0, 0.05) is 5.56 Å². The van der Waals surface area contributed by atoms with E-state index in [0.717, 1.165) is 6.26 Å². The minimum atomic E-state index is -3.68. The Labute approximate surface area is 118 Å². The van der Waals surface area contributed by atoms with E-state index in [-0.39, 0.29) is 17.1 Å². The van der Waals surface area contributed by atoms with Gasteiger partial charge in [0.1, 0.15) is 0 Å². The lowest BCUT2D eigenvalue weighted by Crippen LogP contribution is -2.12. The highest BCUT2D eigenvalue weighted by atomic mass is 32.2. The van der Waals surface area contributed by atoms with Gasteiger partial charge in [-0.1, -0.05) is 42.5 Å². The van der Waals surface area contributed by atoms with Crippen molar-refractivity contribution in [2.45, 2.75) is 6.92 Å². The zero-order chi connectivity index (χ0) is 14.8. The van der Waals surface area contributed by atoms with E-state index in [0.29, 0.717) is 11.1 Å². The first-order chi connectivity index (χ1) is 9.38. The highest BCUT2D eigenvalue weighted by molar-refractivity contribution is 7.86. The molecule has 2 aromatic rings. The Balaban J connectivity index is 2.53. The molecule has 5 heteroatoms. The van der Waals surface area contributed by atoms with Gasteiger partial charge < -0.3 is 4.18 Å². The summed E-state index contributed by atoms with van der Waals surface area (Å²) in [5, 5.41) is 0. The molecule has 0 aliphatic heterocycles. The van der Waals surface area contributed by atoms with Crippen LogP contribution in [0.4, 0.5) is 0 Å². The Hall–Kier alpha value is -2.14. The summed E-state index contributed by atoms with van der Waals surface area (Å²) < 4.78 is 27.5. The minimum absolute atomic E-state index is 0.0568. The molecule has 0 saturated heterocycles. The van der Waals surface area contributed by atoms with E-state index in [9.17, 15) is 13.2 Å². The first kappa shape index (κ1) is 14.3. The van der Waals surface area contributed by atoms with Crippen LogP contribution in [-0.2, 0) is 10.1 Å². The van der Waals surface area contributed by atoms with Gasteiger partial charge in [0.05, 0.1) is 11.8 Å². The van der Waals surface area contributed by atoms with Gasteiger partial charge in [-0.05, 0) is 18.6 Å². The topological polar surface area (TPSA) is 60.4 Å². The predicted molar refractivity (Wildman–Crippen MR) is 76.5 cm³/mol. The fourth-order valence-corrected chi connectivity index (χ4v) is 2.36. The quantitative estimate of drug-likeness (QED) is 0.641. The van der Waals surface area contributed by atoms with Crippen LogP contribution in [0.25, 0.3) is 0 Å². The van der Waals surface area contributed by atoms with Crippen molar-refractivity contribution < 1.29 is 17.4 Å². The second-order valence-electron chi connectivity index (χ2n) is 4.43. The predicted octanol–water partition coefficient (Wildman–Crippen LogP) is 2.56. The summed E-state index contributed by atoms with van der Waals surface area (Å²) in [6, 6.07) is 13.5. The molecule has 0 radical (unpaired) electrons. The van der Waals surface area contributed by atoms with Gasteiger partial charge in [-0.25, -0.2) is 0 Å². The number of carbonyl (C=O) groups is 1. The second-order valence-corrected chi connectivity index (χ2v) is 6.01. The molecule has 0 aliphatic rings. The maximum Gasteiger partial charge on any atom is 0.306 e. The molecule has 0 amide bonds.